The molecule has 0 atom stereocenters. The molecular weight excluding hydrogens is 383 g/mol. The van der Waals surface area contributed by atoms with Crippen LogP contribution < -0.4 is 9.62 Å². The first-order valence-electron chi connectivity index (χ1n) is 7.78. The molecule has 1 aliphatic heterocycles. The molecule has 1 fully saturated rings. The largest absolute Gasteiger partial charge is 0.378 e. The number of sulfonamides is 1. The smallest absolute Gasteiger partial charge is 0.262 e. The van der Waals surface area contributed by atoms with E-state index in [2.05, 4.69) is 9.62 Å². The minimum atomic E-state index is -3.80. The van der Waals surface area contributed by atoms with Crippen molar-refractivity contribution >= 4 is 44.6 Å². The Morgan fingerprint density at radius 2 is 1.68 bits per heavy atom. The Hall–Kier alpha value is -1.47. The minimum absolute atomic E-state index is 0.146. The number of halogens is 2. The van der Waals surface area contributed by atoms with Crippen molar-refractivity contribution in [2.45, 2.75) is 11.8 Å². The first kappa shape index (κ1) is 18.3. The summed E-state index contributed by atoms with van der Waals surface area (Å²) in [6, 6.07) is 9.96. The zero-order valence-corrected chi connectivity index (χ0v) is 16.0. The molecule has 0 amide bonds. The van der Waals surface area contributed by atoms with Crippen molar-refractivity contribution in [1.29, 1.82) is 0 Å². The number of hydrogen-bond acceptors (Lipinski definition) is 4. The van der Waals surface area contributed by atoms with E-state index in [0.29, 0.717) is 47.6 Å². The highest BCUT2D eigenvalue weighted by molar-refractivity contribution is 7.92. The second-order valence-electron chi connectivity index (χ2n) is 5.78. The molecule has 2 aromatic carbocycles. The normalized spacial score (nSPS) is 15.2. The Morgan fingerprint density at radius 3 is 2.40 bits per heavy atom. The van der Waals surface area contributed by atoms with Crippen LogP contribution >= 0.6 is 23.2 Å². The maximum atomic E-state index is 12.9. The number of aryl methyl sites for hydroxylation is 1. The summed E-state index contributed by atoms with van der Waals surface area (Å²) < 4.78 is 33.7. The second kappa shape index (κ2) is 7.41. The van der Waals surface area contributed by atoms with Gasteiger partial charge in [-0.05, 0) is 42.8 Å². The third-order valence-electron chi connectivity index (χ3n) is 3.99. The molecular formula is C17H18Cl2N2O3S. The molecule has 0 saturated carbocycles. The highest BCUT2D eigenvalue weighted by Crippen LogP contribution is 2.32. The molecule has 2 aromatic rings. The van der Waals surface area contributed by atoms with Crippen molar-refractivity contribution in [3.05, 3.63) is 52.0 Å². The van der Waals surface area contributed by atoms with Crippen LogP contribution in [0.5, 0.6) is 0 Å². The molecule has 0 spiro atoms. The SMILES string of the molecule is Cc1ccc(Cl)cc1S(=O)(=O)Nc1cc(Cl)ccc1N1CCOCC1. The van der Waals surface area contributed by atoms with Gasteiger partial charge < -0.3 is 9.64 Å². The fourth-order valence-electron chi connectivity index (χ4n) is 2.73. The molecule has 25 heavy (non-hydrogen) atoms. The third kappa shape index (κ3) is 4.20. The van der Waals surface area contributed by atoms with Crippen LogP contribution in [-0.2, 0) is 14.8 Å². The minimum Gasteiger partial charge on any atom is -0.378 e. The Morgan fingerprint density at radius 1 is 1.04 bits per heavy atom. The Labute approximate surface area is 157 Å². The summed E-state index contributed by atoms with van der Waals surface area (Å²) in [5.74, 6) is 0. The van der Waals surface area contributed by atoms with Crippen molar-refractivity contribution in [2.24, 2.45) is 0 Å². The second-order valence-corrected chi connectivity index (χ2v) is 8.30. The number of anilines is 2. The predicted octanol–water partition coefficient (Wildman–Crippen LogP) is 3.94. The summed E-state index contributed by atoms with van der Waals surface area (Å²) in [5.41, 5.74) is 1.83. The van der Waals surface area contributed by atoms with E-state index in [9.17, 15) is 8.42 Å². The molecule has 134 valence electrons. The third-order valence-corrected chi connectivity index (χ3v) is 5.97. The van der Waals surface area contributed by atoms with E-state index in [1.165, 1.54) is 6.07 Å². The average Bonchev–Trinajstić information content (AvgIpc) is 2.57. The van der Waals surface area contributed by atoms with Crippen LogP contribution in [0.15, 0.2) is 41.3 Å². The van der Waals surface area contributed by atoms with Crippen molar-refractivity contribution in [3.8, 4) is 0 Å². The van der Waals surface area contributed by atoms with Gasteiger partial charge in [-0.25, -0.2) is 8.42 Å². The summed E-state index contributed by atoms with van der Waals surface area (Å²) in [6.45, 7) is 4.30. The molecule has 0 aromatic heterocycles. The average molecular weight is 401 g/mol. The first-order chi connectivity index (χ1) is 11.9. The van der Waals surface area contributed by atoms with Gasteiger partial charge in [0.2, 0.25) is 0 Å². The summed E-state index contributed by atoms with van der Waals surface area (Å²) in [6.07, 6.45) is 0. The molecule has 0 unspecified atom stereocenters. The lowest BCUT2D eigenvalue weighted by atomic mass is 10.2. The molecule has 0 radical (unpaired) electrons. The van der Waals surface area contributed by atoms with Gasteiger partial charge in [-0.1, -0.05) is 29.3 Å². The molecule has 1 saturated heterocycles. The fourth-order valence-corrected chi connectivity index (χ4v) is 4.48. The van der Waals surface area contributed by atoms with Gasteiger partial charge in [0, 0.05) is 23.1 Å². The number of benzene rings is 2. The number of ether oxygens (including phenoxy) is 1. The quantitative estimate of drug-likeness (QED) is 0.843. The lowest BCUT2D eigenvalue weighted by Crippen LogP contribution is -2.36. The first-order valence-corrected chi connectivity index (χ1v) is 10.0. The lowest BCUT2D eigenvalue weighted by molar-refractivity contribution is 0.123. The Balaban J connectivity index is 1.99. The van der Waals surface area contributed by atoms with E-state index in [1.54, 1.807) is 31.2 Å². The molecule has 1 heterocycles. The molecule has 3 rings (SSSR count). The van der Waals surface area contributed by atoms with Gasteiger partial charge >= 0.3 is 0 Å². The molecule has 8 heteroatoms. The monoisotopic (exact) mass is 400 g/mol. The van der Waals surface area contributed by atoms with Crippen molar-refractivity contribution in [3.63, 3.8) is 0 Å². The molecule has 0 aliphatic carbocycles. The summed E-state index contributed by atoms with van der Waals surface area (Å²) in [7, 11) is -3.80. The van der Waals surface area contributed by atoms with Crippen LogP contribution in [0, 0.1) is 6.92 Å². The van der Waals surface area contributed by atoms with Crippen LogP contribution in [0.4, 0.5) is 11.4 Å². The van der Waals surface area contributed by atoms with Crippen LogP contribution in [0.1, 0.15) is 5.56 Å². The predicted molar refractivity (Wildman–Crippen MR) is 101 cm³/mol. The number of nitrogens with zero attached hydrogens (tertiary/aromatic N) is 1. The van der Waals surface area contributed by atoms with E-state index in [0.717, 1.165) is 5.69 Å². The zero-order valence-electron chi connectivity index (χ0n) is 13.6. The van der Waals surface area contributed by atoms with Crippen LogP contribution in [0.3, 0.4) is 0 Å². The van der Waals surface area contributed by atoms with Crippen molar-refractivity contribution in [1.82, 2.24) is 0 Å². The molecule has 0 bridgehead atoms. The van der Waals surface area contributed by atoms with Gasteiger partial charge in [-0.3, -0.25) is 4.72 Å². The maximum Gasteiger partial charge on any atom is 0.262 e. The van der Waals surface area contributed by atoms with Crippen LogP contribution in [-0.4, -0.2) is 34.7 Å². The van der Waals surface area contributed by atoms with Crippen LogP contribution in [0.2, 0.25) is 10.0 Å². The van der Waals surface area contributed by atoms with Gasteiger partial charge in [0.1, 0.15) is 0 Å². The highest BCUT2D eigenvalue weighted by Gasteiger charge is 2.22. The van der Waals surface area contributed by atoms with Crippen molar-refractivity contribution < 1.29 is 13.2 Å². The summed E-state index contributed by atoms with van der Waals surface area (Å²) in [4.78, 5) is 2.22. The van der Waals surface area contributed by atoms with Crippen LogP contribution in [0.25, 0.3) is 0 Å². The topological polar surface area (TPSA) is 58.6 Å². The van der Waals surface area contributed by atoms with E-state index in [4.69, 9.17) is 27.9 Å². The van der Waals surface area contributed by atoms with Gasteiger partial charge in [-0.2, -0.15) is 0 Å². The van der Waals surface area contributed by atoms with Gasteiger partial charge in [0.05, 0.1) is 29.5 Å². The molecule has 1 N–H and O–H groups in total. The summed E-state index contributed by atoms with van der Waals surface area (Å²) >= 11 is 12.1. The van der Waals surface area contributed by atoms with Gasteiger partial charge in [-0.15, -0.1) is 0 Å². The number of hydrogen-bond donors (Lipinski definition) is 1. The van der Waals surface area contributed by atoms with E-state index in [-0.39, 0.29) is 4.90 Å². The Kier molecular flexibility index (Phi) is 5.43. The van der Waals surface area contributed by atoms with E-state index >= 15 is 0 Å². The van der Waals surface area contributed by atoms with Crippen molar-refractivity contribution in [2.75, 3.05) is 35.9 Å². The highest BCUT2D eigenvalue weighted by atomic mass is 35.5. The zero-order chi connectivity index (χ0) is 18.0. The fraction of sp³-hybridized carbons (Fsp3) is 0.294. The number of rotatable bonds is 4. The lowest BCUT2D eigenvalue weighted by Gasteiger charge is -2.30. The molecule has 5 nitrogen and oxygen atoms in total. The molecule has 1 aliphatic rings. The van der Waals surface area contributed by atoms with Gasteiger partial charge in [0.15, 0.2) is 0 Å². The summed E-state index contributed by atoms with van der Waals surface area (Å²) in [5, 5.41) is 0.822. The van der Waals surface area contributed by atoms with E-state index < -0.39 is 10.0 Å². The maximum absolute atomic E-state index is 12.9. The number of nitrogens with one attached hydrogen (secondary N) is 1. The Bertz CT molecular complexity index is 881. The van der Waals surface area contributed by atoms with Gasteiger partial charge in [0.25, 0.3) is 10.0 Å². The number of morpholine rings is 1. The standard InChI is InChI=1S/C17H18Cl2N2O3S/c1-12-2-3-14(19)11-17(12)25(22,23)20-15-10-13(18)4-5-16(15)21-6-8-24-9-7-21/h2-5,10-11,20H,6-9H2,1H3. The van der Waals surface area contributed by atoms with E-state index in [1.807, 2.05) is 6.07 Å².